The summed E-state index contributed by atoms with van der Waals surface area (Å²) in [6.45, 7) is 5.57. The van der Waals surface area contributed by atoms with E-state index in [4.69, 9.17) is 20.9 Å². The Morgan fingerprint density at radius 1 is 1.38 bits per heavy atom. The van der Waals surface area contributed by atoms with Gasteiger partial charge < -0.3 is 19.9 Å². The van der Waals surface area contributed by atoms with Crippen molar-refractivity contribution in [3.8, 4) is 5.75 Å². The van der Waals surface area contributed by atoms with E-state index in [1.165, 1.54) is 0 Å². The van der Waals surface area contributed by atoms with Crippen LogP contribution in [0.1, 0.15) is 24.2 Å². The minimum absolute atomic E-state index is 0.333. The first-order chi connectivity index (χ1) is 11.6. The lowest BCUT2D eigenvalue weighted by Gasteiger charge is -2.11. The number of methoxy groups -OCH3 is 1. The highest BCUT2D eigenvalue weighted by Crippen LogP contribution is 2.22. The minimum atomic E-state index is 0.333. The van der Waals surface area contributed by atoms with Crippen LogP contribution in [0.5, 0.6) is 5.75 Å². The second-order valence-electron chi connectivity index (χ2n) is 5.06. The van der Waals surface area contributed by atoms with Crippen molar-refractivity contribution in [3.63, 3.8) is 0 Å². The Bertz CT molecular complexity index is 687. The van der Waals surface area contributed by atoms with Gasteiger partial charge in [0.1, 0.15) is 12.3 Å². The monoisotopic (exact) mass is 351 g/mol. The second-order valence-corrected chi connectivity index (χ2v) is 5.47. The van der Waals surface area contributed by atoms with E-state index < -0.39 is 0 Å². The summed E-state index contributed by atoms with van der Waals surface area (Å²) >= 11 is 6.25. The SMILES string of the molecule is CCNC(=NCc1nc(C)no1)NCCc1ccc(OC)cc1Cl. The van der Waals surface area contributed by atoms with Gasteiger partial charge in [-0.2, -0.15) is 4.98 Å². The van der Waals surface area contributed by atoms with Gasteiger partial charge in [-0.25, -0.2) is 4.99 Å². The quantitative estimate of drug-likeness (QED) is 0.588. The average Bonchev–Trinajstić information content (AvgIpc) is 2.99. The first-order valence-corrected chi connectivity index (χ1v) is 8.14. The molecule has 130 valence electrons. The van der Waals surface area contributed by atoms with Crippen molar-refractivity contribution in [1.29, 1.82) is 0 Å². The number of guanidine groups is 1. The highest BCUT2D eigenvalue weighted by atomic mass is 35.5. The third-order valence-electron chi connectivity index (χ3n) is 3.23. The standard InChI is InChI=1S/C16H22ClN5O2/c1-4-18-16(20-10-15-21-11(2)22-24-15)19-8-7-12-5-6-13(23-3)9-14(12)17/h5-6,9H,4,7-8,10H2,1-3H3,(H2,18,19,20). The maximum atomic E-state index is 6.25. The van der Waals surface area contributed by atoms with E-state index in [0.717, 1.165) is 24.3 Å². The molecule has 0 aliphatic heterocycles. The Kier molecular flexibility index (Phi) is 6.87. The fourth-order valence-electron chi connectivity index (χ4n) is 2.07. The Labute approximate surface area is 146 Å². The fourth-order valence-corrected chi connectivity index (χ4v) is 2.33. The highest BCUT2D eigenvalue weighted by molar-refractivity contribution is 6.31. The number of rotatable bonds is 7. The molecule has 0 radical (unpaired) electrons. The molecule has 0 aliphatic carbocycles. The number of nitrogens with one attached hydrogen (secondary N) is 2. The molecular formula is C16H22ClN5O2. The van der Waals surface area contributed by atoms with Crippen LogP contribution in [0.2, 0.25) is 5.02 Å². The van der Waals surface area contributed by atoms with Gasteiger partial charge in [0.15, 0.2) is 11.8 Å². The summed E-state index contributed by atoms with van der Waals surface area (Å²) in [5.41, 5.74) is 1.05. The number of nitrogens with zero attached hydrogens (tertiary/aromatic N) is 3. The number of hydrogen-bond acceptors (Lipinski definition) is 5. The van der Waals surface area contributed by atoms with Crippen molar-refractivity contribution >= 4 is 17.6 Å². The minimum Gasteiger partial charge on any atom is -0.497 e. The molecule has 0 aliphatic rings. The van der Waals surface area contributed by atoms with Crippen molar-refractivity contribution in [2.45, 2.75) is 26.8 Å². The smallest absolute Gasteiger partial charge is 0.248 e. The van der Waals surface area contributed by atoms with Crippen LogP contribution in [-0.4, -0.2) is 36.3 Å². The Hall–Kier alpha value is -2.28. The predicted molar refractivity (Wildman–Crippen MR) is 93.6 cm³/mol. The molecule has 1 aromatic heterocycles. The van der Waals surface area contributed by atoms with Gasteiger partial charge in [0.2, 0.25) is 5.89 Å². The van der Waals surface area contributed by atoms with Gasteiger partial charge in [-0.05, 0) is 38.0 Å². The summed E-state index contributed by atoms with van der Waals surface area (Å²) in [6, 6.07) is 5.68. The van der Waals surface area contributed by atoms with Gasteiger partial charge in [0.25, 0.3) is 0 Å². The second kappa shape index (κ2) is 9.12. The third kappa shape index (κ3) is 5.42. The molecule has 0 fully saturated rings. The number of aliphatic imine (C=N–C) groups is 1. The molecule has 0 spiro atoms. The Balaban J connectivity index is 1.89. The number of aromatic nitrogens is 2. The molecule has 24 heavy (non-hydrogen) atoms. The summed E-state index contributed by atoms with van der Waals surface area (Å²) in [6.07, 6.45) is 0.771. The van der Waals surface area contributed by atoms with E-state index >= 15 is 0 Å². The zero-order valence-electron chi connectivity index (χ0n) is 14.1. The molecule has 0 amide bonds. The van der Waals surface area contributed by atoms with Crippen LogP contribution in [0, 0.1) is 6.92 Å². The number of benzene rings is 1. The van der Waals surface area contributed by atoms with Crippen molar-refractivity contribution in [3.05, 3.63) is 40.5 Å². The topological polar surface area (TPSA) is 84.6 Å². The van der Waals surface area contributed by atoms with E-state index in [1.807, 2.05) is 25.1 Å². The predicted octanol–water partition coefficient (Wildman–Crippen LogP) is 2.34. The van der Waals surface area contributed by atoms with Crippen LogP contribution < -0.4 is 15.4 Å². The van der Waals surface area contributed by atoms with Crippen molar-refractivity contribution in [2.75, 3.05) is 20.2 Å². The van der Waals surface area contributed by atoms with Crippen LogP contribution in [0.25, 0.3) is 0 Å². The van der Waals surface area contributed by atoms with E-state index in [2.05, 4.69) is 25.8 Å². The van der Waals surface area contributed by atoms with Gasteiger partial charge in [-0.3, -0.25) is 0 Å². The molecule has 0 atom stereocenters. The van der Waals surface area contributed by atoms with E-state index in [0.29, 0.717) is 35.8 Å². The molecule has 0 saturated heterocycles. The lowest BCUT2D eigenvalue weighted by atomic mass is 10.1. The van der Waals surface area contributed by atoms with Crippen molar-refractivity contribution < 1.29 is 9.26 Å². The van der Waals surface area contributed by atoms with Crippen LogP contribution in [-0.2, 0) is 13.0 Å². The molecule has 7 nitrogen and oxygen atoms in total. The summed E-state index contributed by atoms with van der Waals surface area (Å²) in [4.78, 5) is 8.55. The summed E-state index contributed by atoms with van der Waals surface area (Å²) in [7, 11) is 1.62. The van der Waals surface area contributed by atoms with Crippen molar-refractivity contribution in [1.82, 2.24) is 20.8 Å². The van der Waals surface area contributed by atoms with Crippen LogP contribution in [0.4, 0.5) is 0 Å². The normalized spacial score (nSPS) is 11.4. The Morgan fingerprint density at radius 2 is 2.21 bits per heavy atom. The maximum absolute atomic E-state index is 6.25. The molecule has 2 N–H and O–H groups in total. The van der Waals surface area contributed by atoms with Gasteiger partial charge in [0.05, 0.1) is 7.11 Å². The third-order valence-corrected chi connectivity index (χ3v) is 3.59. The molecule has 1 aromatic carbocycles. The molecule has 0 unspecified atom stereocenters. The molecule has 0 saturated carbocycles. The van der Waals surface area contributed by atoms with Crippen LogP contribution in [0.15, 0.2) is 27.7 Å². The van der Waals surface area contributed by atoms with E-state index in [1.54, 1.807) is 14.0 Å². The van der Waals surface area contributed by atoms with Gasteiger partial charge in [-0.15, -0.1) is 0 Å². The van der Waals surface area contributed by atoms with E-state index in [9.17, 15) is 0 Å². The lowest BCUT2D eigenvalue weighted by molar-refractivity contribution is 0.376. The number of hydrogen-bond donors (Lipinski definition) is 2. The molecule has 0 bridgehead atoms. The summed E-state index contributed by atoms with van der Waals surface area (Å²) in [5.74, 6) is 2.54. The lowest BCUT2D eigenvalue weighted by Crippen LogP contribution is -2.38. The number of ether oxygens (including phenoxy) is 1. The zero-order chi connectivity index (χ0) is 17.4. The first kappa shape index (κ1) is 18.1. The van der Waals surface area contributed by atoms with Gasteiger partial charge >= 0.3 is 0 Å². The average molecular weight is 352 g/mol. The zero-order valence-corrected chi connectivity index (χ0v) is 14.9. The Morgan fingerprint density at radius 3 is 2.83 bits per heavy atom. The van der Waals surface area contributed by atoms with Gasteiger partial charge in [-0.1, -0.05) is 22.8 Å². The fraction of sp³-hybridized carbons (Fsp3) is 0.438. The molecule has 2 rings (SSSR count). The summed E-state index contributed by atoms with van der Waals surface area (Å²) < 4.78 is 10.2. The summed E-state index contributed by atoms with van der Waals surface area (Å²) in [5, 5.41) is 10.9. The van der Waals surface area contributed by atoms with E-state index in [-0.39, 0.29) is 0 Å². The molecular weight excluding hydrogens is 330 g/mol. The molecule has 1 heterocycles. The van der Waals surface area contributed by atoms with Crippen LogP contribution in [0.3, 0.4) is 0 Å². The largest absolute Gasteiger partial charge is 0.497 e. The highest BCUT2D eigenvalue weighted by Gasteiger charge is 2.05. The molecule has 2 aromatic rings. The number of aryl methyl sites for hydroxylation is 1. The molecule has 8 heteroatoms. The van der Waals surface area contributed by atoms with Crippen molar-refractivity contribution in [2.24, 2.45) is 4.99 Å². The number of halogens is 1. The maximum Gasteiger partial charge on any atom is 0.248 e. The first-order valence-electron chi connectivity index (χ1n) is 7.76. The van der Waals surface area contributed by atoms with Gasteiger partial charge in [0, 0.05) is 18.1 Å². The van der Waals surface area contributed by atoms with Crippen LogP contribution >= 0.6 is 11.6 Å².